The highest BCUT2D eigenvalue weighted by Gasteiger charge is 2.13. The molecule has 0 saturated carbocycles. The average molecular weight is 277 g/mol. The molecule has 0 spiro atoms. The second-order valence-electron chi connectivity index (χ2n) is 5.88. The van der Waals surface area contributed by atoms with Crippen molar-refractivity contribution in [3.8, 4) is 0 Å². The summed E-state index contributed by atoms with van der Waals surface area (Å²) >= 11 is 0. The standard InChI is InChI=1S/C18H31NO/c1-4-8-16(2)13-18(15-19-11-12-20-3)14-17-9-6-5-7-10-17/h5-7,9-10,16,18-19H,4,8,11-15H2,1-3H3. The van der Waals surface area contributed by atoms with Gasteiger partial charge in [-0.2, -0.15) is 0 Å². The van der Waals surface area contributed by atoms with Crippen LogP contribution in [0.5, 0.6) is 0 Å². The number of hydrogen-bond donors (Lipinski definition) is 1. The highest BCUT2D eigenvalue weighted by Crippen LogP contribution is 2.20. The van der Waals surface area contributed by atoms with E-state index in [9.17, 15) is 0 Å². The maximum atomic E-state index is 5.10. The van der Waals surface area contributed by atoms with Crippen LogP contribution in [0.1, 0.15) is 38.7 Å². The summed E-state index contributed by atoms with van der Waals surface area (Å²) in [7, 11) is 1.76. The van der Waals surface area contributed by atoms with E-state index in [0.29, 0.717) is 0 Å². The van der Waals surface area contributed by atoms with Crippen molar-refractivity contribution in [3.05, 3.63) is 35.9 Å². The zero-order valence-corrected chi connectivity index (χ0v) is 13.4. The largest absolute Gasteiger partial charge is 0.383 e. The van der Waals surface area contributed by atoms with E-state index in [4.69, 9.17) is 4.74 Å². The lowest BCUT2D eigenvalue weighted by Crippen LogP contribution is -2.28. The Kier molecular flexibility index (Phi) is 9.35. The smallest absolute Gasteiger partial charge is 0.0587 e. The van der Waals surface area contributed by atoms with Crippen LogP contribution in [0.3, 0.4) is 0 Å². The maximum absolute atomic E-state index is 5.10. The summed E-state index contributed by atoms with van der Waals surface area (Å²) in [5, 5.41) is 3.53. The van der Waals surface area contributed by atoms with E-state index in [1.54, 1.807) is 7.11 Å². The Bertz CT molecular complexity index is 325. The first-order valence-corrected chi connectivity index (χ1v) is 7.99. The van der Waals surface area contributed by atoms with E-state index in [1.807, 2.05) is 0 Å². The monoisotopic (exact) mass is 277 g/mol. The van der Waals surface area contributed by atoms with Gasteiger partial charge in [0.15, 0.2) is 0 Å². The Morgan fingerprint density at radius 2 is 1.95 bits per heavy atom. The predicted molar refractivity (Wildman–Crippen MR) is 87.1 cm³/mol. The molecule has 20 heavy (non-hydrogen) atoms. The molecule has 2 heteroatoms. The maximum Gasteiger partial charge on any atom is 0.0587 e. The third kappa shape index (κ3) is 7.66. The third-order valence-corrected chi connectivity index (χ3v) is 3.80. The van der Waals surface area contributed by atoms with Gasteiger partial charge in [-0.25, -0.2) is 0 Å². The zero-order chi connectivity index (χ0) is 14.6. The summed E-state index contributed by atoms with van der Waals surface area (Å²) in [4.78, 5) is 0. The van der Waals surface area contributed by atoms with Crippen molar-refractivity contribution < 1.29 is 4.74 Å². The van der Waals surface area contributed by atoms with Crippen LogP contribution >= 0.6 is 0 Å². The molecular weight excluding hydrogens is 246 g/mol. The molecule has 0 aliphatic heterocycles. The number of ether oxygens (including phenoxy) is 1. The summed E-state index contributed by atoms with van der Waals surface area (Å²) in [5.74, 6) is 1.54. The highest BCUT2D eigenvalue weighted by molar-refractivity contribution is 5.15. The molecule has 0 aliphatic carbocycles. The molecule has 0 fully saturated rings. The molecule has 1 aromatic carbocycles. The molecule has 1 N–H and O–H groups in total. The molecule has 0 radical (unpaired) electrons. The van der Waals surface area contributed by atoms with E-state index in [-0.39, 0.29) is 0 Å². The van der Waals surface area contributed by atoms with E-state index in [2.05, 4.69) is 49.5 Å². The minimum absolute atomic E-state index is 0.718. The van der Waals surface area contributed by atoms with Gasteiger partial charge < -0.3 is 10.1 Å². The van der Waals surface area contributed by atoms with E-state index >= 15 is 0 Å². The quantitative estimate of drug-likeness (QED) is 0.619. The molecule has 114 valence electrons. The van der Waals surface area contributed by atoms with Gasteiger partial charge in [0.05, 0.1) is 6.61 Å². The topological polar surface area (TPSA) is 21.3 Å². The Morgan fingerprint density at radius 3 is 2.60 bits per heavy atom. The van der Waals surface area contributed by atoms with Gasteiger partial charge in [-0.3, -0.25) is 0 Å². The second kappa shape index (κ2) is 10.9. The van der Waals surface area contributed by atoms with E-state index < -0.39 is 0 Å². The van der Waals surface area contributed by atoms with Gasteiger partial charge in [0.1, 0.15) is 0 Å². The van der Waals surface area contributed by atoms with Crippen LogP contribution in [0.25, 0.3) is 0 Å². The normalized spacial score (nSPS) is 14.2. The van der Waals surface area contributed by atoms with Gasteiger partial charge in [0, 0.05) is 13.7 Å². The highest BCUT2D eigenvalue weighted by atomic mass is 16.5. The molecular formula is C18H31NO. The summed E-state index contributed by atoms with van der Waals surface area (Å²) in [6.45, 7) is 7.50. The first-order chi connectivity index (χ1) is 9.76. The predicted octanol–water partition coefficient (Wildman–Crippen LogP) is 3.91. The third-order valence-electron chi connectivity index (χ3n) is 3.80. The van der Waals surface area contributed by atoms with Gasteiger partial charge in [-0.15, -0.1) is 0 Å². The molecule has 0 amide bonds. The van der Waals surface area contributed by atoms with Gasteiger partial charge in [-0.1, -0.05) is 57.0 Å². The Morgan fingerprint density at radius 1 is 1.20 bits per heavy atom. The molecule has 0 aromatic heterocycles. The molecule has 0 bridgehead atoms. The Hall–Kier alpha value is -0.860. The van der Waals surface area contributed by atoms with E-state index in [1.165, 1.54) is 31.2 Å². The number of benzene rings is 1. The van der Waals surface area contributed by atoms with Crippen molar-refractivity contribution >= 4 is 0 Å². The molecule has 0 heterocycles. The molecule has 2 atom stereocenters. The van der Waals surface area contributed by atoms with Gasteiger partial charge in [0.2, 0.25) is 0 Å². The lowest BCUT2D eigenvalue weighted by atomic mass is 9.88. The SMILES string of the molecule is CCCC(C)CC(CNCCOC)Cc1ccccc1. The second-order valence-corrected chi connectivity index (χ2v) is 5.88. The first kappa shape index (κ1) is 17.2. The van der Waals surface area contributed by atoms with Crippen molar-refractivity contribution in [1.29, 1.82) is 0 Å². The van der Waals surface area contributed by atoms with Crippen LogP contribution < -0.4 is 5.32 Å². The lowest BCUT2D eigenvalue weighted by Gasteiger charge is -2.21. The minimum Gasteiger partial charge on any atom is -0.383 e. The fraction of sp³-hybridized carbons (Fsp3) is 0.667. The Balaban J connectivity index is 2.45. The van der Waals surface area contributed by atoms with Crippen LogP contribution in [0.4, 0.5) is 0 Å². The van der Waals surface area contributed by atoms with Crippen LogP contribution in [-0.4, -0.2) is 26.8 Å². The van der Waals surface area contributed by atoms with Crippen LogP contribution in [0.15, 0.2) is 30.3 Å². The molecule has 2 nitrogen and oxygen atoms in total. The Labute approximate surface area is 124 Å². The van der Waals surface area contributed by atoms with Crippen molar-refractivity contribution in [2.24, 2.45) is 11.8 Å². The molecule has 2 unspecified atom stereocenters. The first-order valence-electron chi connectivity index (χ1n) is 7.99. The summed E-state index contributed by atoms with van der Waals surface area (Å²) in [6, 6.07) is 10.9. The molecule has 0 saturated heterocycles. The number of rotatable bonds is 11. The van der Waals surface area contributed by atoms with Crippen LogP contribution in [-0.2, 0) is 11.2 Å². The molecule has 1 rings (SSSR count). The number of methoxy groups -OCH3 is 1. The van der Waals surface area contributed by atoms with Gasteiger partial charge >= 0.3 is 0 Å². The fourth-order valence-corrected chi connectivity index (χ4v) is 2.85. The van der Waals surface area contributed by atoms with Crippen molar-refractivity contribution in [3.63, 3.8) is 0 Å². The van der Waals surface area contributed by atoms with Crippen LogP contribution in [0.2, 0.25) is 0 Å². The van der Waals surface area contributed by atoms with Gasteiger partial charge in [-0.05, 0) is 36.8 Å². The molecule has 1 aromatic rings. The van der Waals surface area contributed by atoms with Gasteiger partial charge in [0.25, 0.3) is 0 Å². The number of nitrogens with one attached hydrogen (secondary N) is 1. The van der Waals surface area contributed by atoms with Crippen molar-refractivity contribution in [2.45, 2.75) is 39.5 Å². The van der Waals surface area contributed by atoms with Crippen molar-refractivity contribution in [2.75, 3.05) is 26.8 Å². The number of hydrogen-bond acceptors (Lipinski definition) is 2. The summed E-state index contributed by atoms with van der Waals surface area (Å²) < 4.78 is 5.10. The average Bonchev–Trinajstić information content (AvgIpc) is 2.45. The van der Waals surface area contributed by atoms with Crippen LogP contribution in [0, 0.1) is 11.8 Å². The summed E-state index contributed by atoms with van der Waals surface area (Å²) in [6.07, 6.45) is 5.11. The molecule has 0 aliphatic rings. The van der Waals surface area contributed by atoms with E-state index in [0.717, 1.165) is 31.5 Å². The van der Waals surface area contributed by atoms with Crippen molar-refractivity contribution in [1.82, 2.24) is 5.32 Å². The summed E-state index contributed by atoms with van der Waals surface area (Å²) in [5.41, 5.74) is 1.45. The minimum atomic E-state index is 0.718. The zero-order valence-electron chi connectivity index (χ0n) is 13.4. The lowest BCUT2D eigenvalue weighted by molar-refractivity contribution is 0.196. The fourth-order valence-electron chi connectivity index (χ4n) is 2.85.